The zero-order valence-corrected chi connectivity index (χ0v) is 11.6. The summed E-state index contributed by atoms with van der Waals surface area (Å²) >= 11 is 0. The van der Waals surface area contributed by atoms with Crippen LogP contribution in [-0.2, 0) is 0 Å². The minimum absolute atomic E-state index is 0.133. The second-order valence-corrected chi connectivity index (χ2v) is 4.65. The Morgan fingerprint density at radius 2 is 1.95 bits per heavy atom. The van der Waals surface area contributed by atoms with E-state index < -0.39 is 0 Å². The first kappa shape index (κ1) is 13.0. The fraction of sp³-hybridized carbons (Fsp3) is 0.250. The van der Waals surface area contributed by atoms with Crippen LogP contribution < -0.4 is 16.4 Å². The molecular formula is C12H15N9. The number of nitrogens with two attached hydrogens (primary N) is 2. The first-order valence-electron chi connectivity index (χ1n) is 6.33. The van der Waals surface area contributed by atoms with Gasteiger partial charge in [0.2, 0.25) is 5.95 Å². The van der Waals surface area contributed by atoms with Crippen molar-refractivity contribution < 1.29 is 0 Å². The molecule has 21 heavy (non-hydrogen) atoms. The first-order valence-corrected chi connectivity index (χ1v) is 6.33. The third-order valence-electron chi connectivity index (χ3n) is 3.37. The summed E-state index contributed by atoms with van der Waals surface area (Å²) in [6.45, 7) is 1.96. The number of fused-ring (bicyclic) bond motifs is 1. The molecule has 0 aliphatic carbocycles. The Bertz CT molecular complexity index is 781. The van der Waals surface area contributed by atoms with Gasteiger partial charge in [-0.15, -0.1) is 0 Å². The summed E-state index contributed by atoms with van der Waals surface area (Å²) < 4.78 is 0. The maximum atomic E-state index is 5.88. The lowest BCUT2D eigenvalue weighted by atomic mass is 10.2. The molecule has 0 radical (unpaired) electrons. The largest absolute Gasteiger partial charge is 0.382 e. The van der Waals surface area contributed by atoms with Gasteiger partial charge in [0.1, 0.15) is 17.3 Å². The van der Waals surface area contributed by atoms with Crippen molar-refractivity contribution in [3.63, 3.8) is 0 Å². The van der Waals surface area contributed by atoms with Crippen LogP contribution in [0.15, 0.2) is 18.6 Å². The topological polar surface area (TPSA) is 136 Å². The smallest absolute Gasteiger partial charge is 0.224 e. The molecule has 0 unspecified atom stereocenters. The molecular weight excluding hydrogens is 270 g/mol. The van der Waals surface area contributed by atoms with E-state index in [-0.39, 0.29) is 12.0 Å². The molecule has 0 aromatic carbocycles. The third-order valence-corrected chi connectivity index (χ3v) is 3.37. The van der Waals surface area contributed by atoms with Crippen LogP contribution in [0.2, 0.25) is 0 Å². The highest BCUT2D eigenvalue weighted by Crippen LogP contribution is 2.29. The molecule has 3 heterocycles. The number of aromatic nitrogens is 6. The zero-order chi connectivity index (χ0) is 15.0. The molecule has 108 valence electrons. The second-order valence-electron chi connectivity index (χ2n) is 4.65. The van der Waals surface area contributed by atoms with Crippen LogP contribution >= 0.6 is 0 Å². The summed E-state index contributed by atoms with van der Waals surface area (Å²) in [6, 6.07) is -0.133. The van der Waals surface area contributed by atoms with Gasteiger partial charge in [-0.05, 0) is 6.92 Å². The van der Waals surface area contributed by atoms with E-state index in [1.54, 1.807) is 18.6 Å². The van der Waals surface area contributed by atoms with Gasteiger partial charge in [-0.3, -0.25) is 10.1 Å². The van der Waals surface area contributed by atoms with Gasteiger partial charge in [0, 0.05) is 19.4 Å². The van der Waals surface area contributed by atoms with Gasteiger partial charge in [0.25, 0.3) is 0 Å². The average Bonchev–Trinajstić information content (AvgIpc) is 2.93. The highest BCUT2D eigenvalue weighted by atomic mass is 15.2. The van der Waals surface area contributed by atoms with E-state index in [0.717, 1.165) is 5.39 Å². The van der Waals surface area contributed by atoms with Crippen LogP contribution in [0.1, 0.15) is 18.7 Å². The SMILES string of the molecule is C[C@@H](c1nccnc1N)N(C)c1nc(N)nc2[nH]ncc12. The van der Waals surface area contributed by atoms with E-state index in [2.05, 4.69) is 30.1 Å². The summed E-state index contributed by atoms with van der Waals surface area (Å²) in [7, 11) is 1.88. The average molecular weight is 285 g/mol. The van der Waals surface area contributed by atoms with Crippen LogP contribution in [0, 0.1) is 0 Å². The van der Waals surface area contributed by atoms with E-state index in [0.29, 0.717) is 23.0 Å². The van der Waals surface area contributed by atoms with Crippen molar-refractivity contribution in [2.45, 2.75) is 13.0 Å². The van der Waals surface area contributed by atoms with Crippen LogP contribution in [0.25, 0.3) is 11.0 Å². The van der Waals surface area contributed by atoms with Crippen molar-refractivity contribution in [1.82, 2.24) is 30.1 Å². The number of hydrogen-bond acceptors (Lipinski definition) is 8. The van der Waals surface area contributed by atoms with Crippen LogP contribution in [0.5, 0.6) is 0 Å². The molecule has 5 N–H and O–H groups in total. The Hall–Kier alpha value is -2.97. The number of nitrogens with zero attached hydrogens (tertiary/aromatic N) is 6. The van der Waals surface area contributed by atoms with Crippen LogP contribution in [0.4, 0.5) is 17.6 Å². The van der Waals surface area contributed by atoms with Crippen molar-refractivity contribution in [2.75, 3.05) is 23.4 Å². The van der Waals surface area contributed by atoms with Gasteiger partial charge in [0.05, 0.1) is 17.6 Å². The number of nitrogen functional groups attached to an aromatic ring is 2. The predicted octanol–water partition coefficient (Wildman–Crippen LogP) is 0.505. The summed E-state index contributed by atoms with van der Waals surface area (Å²) in [4.78, 5) is 18.7. The van der Waals surface area contributed by atoms with E-state index in [4.69, 9.17) is 11.5 Å². The van der Waals surface area contributed by atoms with Crippen molar-refractivity contribution in [1.29, 1.82) is 0 Å². The summed E-state index contributed by atoms with van der Waals surface area (Å²) in [5.74, 6) is 1.22. The molecule has 0 saturated carbocycles. The highest BCUT2D eigenvalue weighted by molar-refractivity contribution is 5.87. The Morgan fingerprint density at radius 3 is 2.71 bits per heavy atom. The predicted molar refractivity (Wildman–Crippen MR) is 79.4 cm³/mol. The fourth-order valence-electron chi connectivity index (χ4n) is 2.15. The monoisotopic (exact) mass is 285 g/mol. The fourth-order valence-corrected chi connectivity index (χ4v) is 2.15. The van der Waals surface area contributed by atoms with E-state index in [1.807, 2.05) is 18.9 Å². The highest BCUT2D eigenvalue weighted by Gasteiger charge is 2.21. The minimum atomic E-state index is -0.133. The van der Waals surface area contributed by atoms with Crippen molar-refractivity contribution >= 4 is 28.6 Å². The lowest BCUT2D eigenvalue weighted by molar-refractivity contribution is 0.706. The maximum Gasteiger partial charge on any atom is 0.224 e. The number of anilines is 3. The lowest BCUT2D eigenvalue weighted by Gasteiger charge is -2.26. The van der Waals surface area contributed by atoms with Gasteiger partial charge in [0.15, 0.2) is 5.65 Å². The Labute approximate surface area is 120 Å². The molecule has 1 atom stereocenters. The van der Waals surface area contributed by atoms with E-state index in [9.17, 15) is 0 Å². The second kappa shape index (κ2) is 4.85. The number of nitrogens with one attached hydrogen (secondary N) is 1. The normalized spacial score (nSPS) is 12.5. The standard InChI is InChI=1S/C12H15N9/c1-6(8-9(13)16-4-3-15-8)21(2)11-7-5-17-20-10(7)18-12(14)19-11/h3-6H,1-2H3,(H2,13,16)(H3,14,17,18,19,20)/t6-/m0/s1. The molecule has 9 nitrogen and oxygen atoms in total. The Morgan fingerprint density at radius 1 is 1.19 bits per heavy atom. The molecule has 0 aliphatic heterocycles. The Balaban J connectivity index is 2.06. The minimum Gasteiger partial charge on any atom is -0.382 e. The summed E-state index contributed by atoms with van der Waals surface area (Å²) in [5, 5.41) is 7.54. The Kier molecular flexibility index (Phi) is 3.01. The molecule has 0 fully saturated rings. The number of aromatic amines is 1. The van der Waals surface area contributed by atoms with E-state index >= 15 is 0 Å². The quantitative estimate of drug-likeness (QED) is 0.633. The molecule has 0 saturated heterocycles. The zero-order valence-electron chi connectivity index (χ0n) is 11.6. The maximum absolute atomic E-state index is 5.88. The molecule has 0 bridgehead atoms. The van der Waals surface area contributed by atoms with Crippen LogP contribution in [-0.4, -0.2) is 37.2 Å². The number of rotatable bonds is 3. The molecule has 9 heteroatoms. The third kappa shape index (κ3) is 2.18. The first-order chi connectivity index (χ1) is 10.1. The molecule has 3 aromatic heterocycles. The lowest BCUT2D eigenvalue weighted by Crippen LogP contribution is -2.25. The van der Waals surface area contributed by atoms with Gasteiger partial charge in [-0.2, -0.15) is 15.1 Å². The molecule has 0 amide bonds. The summed E-state index contributed by atoms with van der Waals surface area (Å²) in [5.41, 5.74) is 12.9. The summed E-state index contributed by atoms with van der Waals surface area (Å²) in [6.07, 6.45) is 4.83. The van der Waals surface area contributed by atoms with Crippen molar-refractivity contribution in [3.8, 4) is 0 Å². The number of H-pyrrole nitrogens is 1. The van der Waals surface area contributed by atoms with E-state index in [1.165, 1.54) is 0 Å². The molecule has 0 spiro atoms. The molecule has 0 aliphatic rings. The van der Waals surface area contributed by atoms with Gasteiger partial charge >= 0.3 is 0 Å². The van der Waals surface area contributed by atoms with Crippen molar-refractivity contribution in [3.05, 3.63) is 24.3 Å². The van der Waals surface area contributed by atoms with Gasteiger partial charge in [-0.25, -0.2) is 4.98 Å². The molecule has 3 rings (SSSR count). The van der Waals surface area contributed by atoms with Gasteiger partial charge < -0.3 is 16.4 Å². The number of hydrogen-bond donors (Lipinski definition) is 3. The van der Waals surface area contributed by atoms with Crippen LogP contribution in [0.3, 0.4) is 0 Å². The van der Waals surface area contributed by atoms with Crippen molar-refractivity contribution in [2.24, 2.45) is 0 Å². The van der Waals surface area contributed by atoms with Gasteiger partial charge in [-0.1, -0.05) is 0 Å². The molecule has 3 aromatic rings.